The molecule has 0 aliphatic rings. The number of nitrogens with two attached hydrogens (primary N) is 2. The van der Waals surface area contributed by atoms with Gasteiger partial charge in [0.1, 0.15) is 4.90 Å². The fourth-order valence-electron chi connectivity index (χ4n) is 1.30. The lowest BCUT2D eigenvalue weighted by Gasteiger charge is -2.21. The van der Waals surface area contributed by atoms with Crippen LogP contribution in [0.25, 0.3) is 0 Å². The molecule has 1 aromatic rings. The average molecular weight is 340 g/mol. The second-order valence-corrected chi connectivity index (χ2v) is 7.43. The van der Waals surface area contributed by atoms with Crippen molar-refractivity contribution in [1.29, 1.82) is 0 Å². The van der Waals surface area contributed by atoms with Crippen molar-refractivity contribution in [2.75, 3.05) is 12.3 Å². The molecule has 0 aliphatic heterocycles. The molecule has 0 saturated carbocycles. The number of halogens is 2. The summed E-state index contributed by atoms with van der Waals surface area (Å²) in [6.07, 6.45) is 0. The largest absolute Gasteiger partial charge is 0.398 e. The third kappa shape index (κ3) is 3.76. The van der Waals surface area contributed by atoms with E-state index in [-0.39, 0.29) is 27.2 Å². The lowest BCUT2D eigenvalue weighted by atomic mass is 9.93. The molecule has 5 N–H and O–H groups in total. The van der Waals surface area contributed by atoms with E-state index in [1.54, 1.807) is 0 Å². The first kappa shape index (κ1) is 17.0. The van der Waals surface area contributed by atoms with Crippen LogP contribution < -0.4 is 16.2 Å². The summed E-state index contributed by atoms with van der Waals surface area (Å²) in [6, 6.07) is 2.55. The normalized spacial score (nSPS) is 12.4. The zero-order valence-corrected chi connectivity index (χ0v) is 13.2. The Labute approximate surface area is 127 Å². The van der Waals surface area contributed by atoms with Crippen molar-refractivity contribution in [2.24, 2.45) is 11.1 Å². The van der Waals surface area contributed by atoms with Crippen molar-refractivity contribution >= 4 is 44.8 Å². The first-order chi connectivity index (χ1) is 8.97. The van der Waals surface area contributed by atoms with Crippen LogP contribution in [0.1, 0.15) is 13.8 Å². The Morgan fingerprint density at radius 2 is 1.90 bits per heavy atom. The lowest BCUT2D eigenvalue weighted by molar-refractivity contribution is -0.125. The van der Waals surface area contributed by atoms with Crippen LogP contribution >= 0.6 is 23.2 Å². The minimum Gasteiger partial charge on any atom is -0.398 e. The van der Waals surface area contributed by atoms with E-state index in [0.29, 0.717) is 0 Å². The molecule has 0 aromatic heterocycles. The smallest absolute Gasteiger partial charge is 0.244 e. The molecule has 0 aliphatic carbocycles. The van der Waals surface area contributed by atoms with Gasteiger partial charge >= 0.3 is 0 Å². The van der Waals surface area contributed by atoms with E-state index in [0.717, 1.165) is 0 Å². The third-order valence-electron chi connectivity index (χ3n) is 2.68. The summed E-state index contributed by atoms with van der Waals surface area (Å²) in [5.41, 5.74) is 9.69. The van der Waals surface area contributed by atoms with Gasteiger partial charge in [-0.05, 0) is 26.0 Å². The molecule has 0 radical (unpaired) electrons. The average Bonchev–Trinajstić information content (AvgIpc) is 2.24. The van der Waals surface area contributed by atoms with Crippen LogP contribution in [0.15, 0.2) is 17.0 Å². The fourth-order valence-corrected chi connectivity index (χ4v) is 3.49. The van der Waals surface area contributed by atoms with E-state index in [1.165, 1.54) is 26.0 Å². The minimum atomic E-state index is -3.98. The molecule has 1 amide bonds. The maximum Gasteiger partial charge on any atom is 0.244 e. The van der Waals surface area contributed by atoms with Crippen molar-refractivity contribution in [3.8, 4) is 0 Å². The molecule has 6 nitrogen and oxygen atoms in total. The minimum absolute atomic E-state index is 0.0770. The van der Waals surface area contributed by atoms with Gasteiger partial charge in [0.2, 0.25) is 15.9 Å². The number of benzene rings is 1. The van der Waals surface area contributed by atoms with Crippen molar-refractivity contribution < 1.29 is 13.2 Å². The van der Waals surface area contributed by atoms with Gasteiger partial charge in [-0.25, -0.2) is 13.1 Å². The molecular formula is C11H15Cl2N3O3S. The van der Waals surface area contributed by atoms with Gasteiger partial charge in [0.05, 0.1) is 16.1 Å². The number of primary amides is 1. The highest BCUT2D eigenvalue weighted by Crippen LogP contribution is 2.31. The first-order valence-corrected chi connectivity index (χ1v) is 7.75. The molecule has 1 aromatic carbocycles. The summed E-state index contributed by atoms with van der Waals surface area (Å²) < 4.78 is 26.6. The van der Waals surface area contributed by atoms with Crippen LogP contribution in [0, 0.1) is 5.41 Å². The van der Waals surface area contributed by atoms with Crippen LogP contribution in [-0.2, 0) is 14.8 Å². The van der Waals surface area contributed by atoms with Crippen molar-refractivity contribution in [1.82, 2.24) is 4.72 Å². The number of nitrogens with one attached hydrogen (secondary N) is 1. The first-order valence-electron chi connectivity index (χ1n) is 5.51. The van der Waals surface area contributed by atoms with Crippen molar-refractivity contribution in [3.05, 3.63) is 22.2 Å². The number of rotatable bonds is 5. The second-order valence-electron chi connectivity index (χ2n) is 4.88. The summed E-state index contributed by atoms with van der Waals surface area (Å²) in [7, 11) is -3.98. The van der Waals surface area contributed by atoms with E-state index < -0.39 is 21.3 Å². The fraction of sp³-hybridized carbons (Fsp3) is 0.364. The van der Waals surface area contributed by atoms with Gasteiger partial charge in [-0.2, -0.15) is 0 Å². The predicted octanol–water partition coefficient (Wildman–Crippen LogP) is 1.37. The zero-order chi connectivity index (χ0) is 15.7. The van der Waals surface area contributed by atoms with Gasteiger partial charge < -0.3 is 11.5 Å². The molecule has 1 rings (SSSR count). The second kappa shape index (κ2) is 5.77. The Morgan fingerprint density at radius 1 is 1.35 bits per heavy atom. The SMILES string of the molecule is CC(C)(CNS(=O)(=O)c1c(N)cc(Cl)cc1Cl)C(N)=O. The summed E-state index contributed by atoms with van der Waals surface area (Å²) in [5.74, 6) is -0.629. The number of amides is 1. The predicted molar refractivity (Wildman–Crippen MR) is 79.0 cm³/mol. The Morgan fingerprint density at radius 3 is 2.35 bits per heavy atom. The monoisotopic (exact) mass is 339 g/mol. The number of hydrogen-bond donors (Lipinski definition) is 3. The standard InChI is InChI=1S/C11H15Cl2N3O3S/c1-11(2,10(15)17)5-16-20(18,19)9-7(13)3-6(12)4-8(9)14/h3-4,16H,5,14H2,1-2H3,(H2,15,17). The Hall–Kier alpha value is -1.02. The maximum atomic E-state index is 12.2. The highest BCUT2D eigenvalue weighted by molar-refractivity contribution is 7.89. The quantitative estimate of drug-likeness (QED) is 0.702. The van der Waals surface area contributed by atoms with E-state index in [2.05, 4.69) is 4.72 Å². The van der Waals surface area contributed by atoms with Crippen LogP contribution in [0.5, 0.6) is 0 Å². The van der Waals surface area contributed by atoms with Gasteiger partial charge in [-0.3, -0.25) is 4.79 Å². The van der Waals surface area contributed by atoms with Crippen molar-refractivity contribution in [3.63, 3.8) is 0 Å². The molecule has 0 heterocycles. The van der Waals surface area contributed by atoms with Gasteiger partial charge in [0.15, 0.2) is 0 Å². The van der Waals surface area contributed by atoms with E-state index in [4.69, 9.17) is 34.7 Å². The van der Waals surface area contributed by atoms with Crippen LogP contribution in [0.4, 0.5) is 5.69 Å². The number of carbonyl (C=O) groups excluding carboxylic acids is 1. The molecular weight excluding hydrogens is 325 g/mol. The summed E-state index contributed by atoms with van der Waals surface area (Å²) in [5, 5.41) is 0.128. The van der Waals surface area contributed by atoms with Crippen LogP contribution in [0.2, 0.25) is 10.0 Å². The summed E-state index contributed by atoms with van der Waals surface area (Å²) in [4.78, 5) is 10.9. The molecule has 0 unspecified atom stereocenters. The molecule has 0 bridgehead atoms. The zero-order valence-electron chi connectivity index (χ0n) is 10.9. The van der Waals surface area contributed by atoms with E-state index >= 15 is 0 Å². The molecule has 0 atom stereocenters. The molecule has 9 heteroatoms. The lowest BCUT2D eigenvalue weighted by Crippen LogP contribution is -2.42. The summed E-state index contributed by atoms with van der Waals surface area (Å²) in [6.45, 7) is 2.86. The van der Waals surface area contributed by atoms with Crippen LogP contribution in [0.3, 0.4) is 0 Å². The molecule has 112 valence electrons. The number of hydrogen-bond acceptors (Lipinski definition) is 4. The Kier molecular flexibility index (Phi) is 4.91. The number of anilines is 1. The van der Waals surface area contributed by atoms with Gasteiger partial charge in [-0.1, -0.05) is 23.2 Å². The Balaban J connectivity index is 3.11. The third-order valence-corrected chi connectivity index (χ3v) is 4.82. The van der Waals surface area contributed by atoms with Crippen LogP contribution in [-0.4, -0.2) is 20.9 Å². The molecule has 0 saturated heterocycles. The van der Waals surface area contributed by atoms with E-state index in [9.17, 15) is 13.2 Å². The van der Waals surface area contributed by atoms with E-state index in [1.807, 2.05) is 0 Å². The van der Waals surface area contributed by atoms with Gasteiger partial charge in [0.25, 0.3) is 0 Å². The maximum absolute atomic E-state index is 12.2. The molecule has 20 heavy (non-hydrogen) atoms. The summed E-state index contributed by atoms with van der Waals surface area (Å²) >= 11 is 11.6. The number of sulfonamides is 1. The topological polar surface area (TPSA) is 115 Å². The highest BCUT2D eigenvalue weighted by Gasteiger charge is 2.29. The number of nitrogen functional groups attached to an aromatic ring is 1. The molecule has 0 fully saturated rings. The van der Waals surface area contributed by atoms with Gasteiger partial charge in [-0.15, -0.1) is 0 Å². The number of carbonyl (C=O) groups is 1. The van der Waals surface area contributed by atoms with Crippen molar-refractivity contribution in [2.45, 2.75) is 18.7 Å². The molecule has 0 spiro atoms. The Bertz CT molecular complexity index is 621. The van der Waals surface area contributed by atoms with Gasteiger partial charge in [0, 0.05) is 11.6 Å². The highest BCUT2D eigenvalue weighted by atomic mass is 35.5.